The highest BCUT2D eigenvalue weighted by Gasteiger charge is 2.29. The summed E-state index contributed by atoms with van der Waals surface area (Å²) in [7, 11) is 0. The monoisotopic (exact) mass is 478 g/mol. The predicted molar refractivity (Wildman–Crippen MR) is 125 cm³/mol. The van der Waals surface area contributed by atoms with Crippen LogP contribution in [0, 0.1) is 10.1 Å². The van der Waals surface area contributed by atoms with Crippen molar-refractivity contribution in [2.75, 3.05) is 43.2 Å². The summed E-state index contributed by atoms with van der Waals surface area (Å²) < 4.78 is 10.8. The third kappa shape index (κ3) is 4.77. The molecule has 0 amide bonds. The zero-order chi connectivity index (χ0) is 24.4. The van der Waals surface area contributed by atoms with Crippen LogP contribution in [-0.2, 0) is 6.54 Å². The summed E-state index contributed by atoms with van der Waals surface area (Å²) in [4.78, 5) is 35.0. The summed E-state index contributed by atoms with van der Waals surface area (Å²) in [6, 6.07) is 11.8. The average molecular weight is 478 g/mol. The Labute approximate surface area is 199 Å². The highest BCUT2D eigenvalue weighted by atomic mass is 16.7. The minimum absolute atomic E-state index is 0.0471. The number of anilines is 3. The van der Waals surface area contributed by atoms with Crippen LogP contribution in [0.3, 0.4) is 0 Å². The summed E-state index contributed by atoms with van der Waals surface area (Å²) in [5, 5.41) is 23.9. The summed E-state index contributed by atoms with van der Waals surface area (Å²) >= 11 is 0. The topological polar surface area (TPSA) is 143 Å². The quantitative estimate of drug-likeness (QED) is 0.382. The van der Waals surface area contributed by atoms with Gasteiger partial charge < -0.3 is 24.8 Å². The molecule has 0 aliphatic carbocycles. The van der Waals surface area contributed by atoms with Gasteiger partial charge in [0, 0.05) is 38.4 Å². The Bertz CT molecular complexity index is 1260. The molecule has 12 heteroatoms. The summed E-state index contributed by atoms with van der Waals surface area (Å²) in [6.45, 7) is 3.50. The number of aromatic nitrogens is 2. The molecule has 2 aromatic carbocycles. The fourth-order valence-electron chi connectivity index (χ4n) is 4.11. The number of piperazine rings is 1. The van der Waals surface area contributed by atoms with Gasteiger partial charge in [-0.25, -0.2) is 14.8 Å². The first-order valence-electron chi connectivity index (χ1n) is 10.9. The maximum atomic E-state index is 12.0. The Morgan fingerprint density at radius 1 is 1.06 bits per heavy atom. The number of carboxylic acid groups (broad SMARTS) is 1. The van der Waals surface area contributed by atoms with Crippen molar-refractivity contribution >= 4 is 29.0 Å². The molecule has 0 bridgehead atoms. The van der Waals surface area contributed by atoms with Crippen LogP contribution in [0.25, 0.3) is 0 Å². The molecule has 0 spiro atoms. The van der Waals surface area contributed by atoms with Crippen LogP contribution in [-0.4, -0.2) is 63.8 Å². The van der Waals surface area contributed by atoms with Crippen molar-refractivity contribution in [3.63, 3.8) is 0 Å². The predicted octanol–water partition coefficient (Wildman–Crippen LogP) is 2.88. The molecule has 3 aromatic rings. The molecular formula is C23H22N6O6. The molecule has 0 saturated carbocycles. The number of fused-ring (bicyclic) bond motifs is 1. The van der Waals surface area contributed by atoms with Crippen molar-refractivity contribution in [1.29, 1.82) is 0 Å². The summed E-state index contributed by atoms with van der Waals surface area (Å²) in [6.07, 6.45) is 1.29. The second-order valence-electron chi connectivity index (χ2n) is 8.11. The summed E-state index contributed by atoms with van der Waals surface area (Å²) in [5.41, 5.74) is 1.48. The van der Waals surface area contributed by atoms with E-state index in [9.17, 15) is 14.9 Å². The van der Waals surface area contributed by atoms with Gasteiger partial charge in [0.25, 0.3) is 0 Å². The van der Waals surface area contributed by atoms with Crippen LogP contribution in [0.2, 0.25) is 0 Å². The number of hydrogen-bond donors (Lipinski definition) is 2. The molecule has 2 aliphatic rings. The molecule has 2 aliphatic heterocycles. The highest BCUT2D eigenvalue weighted by Crippen LogP contribution is 2.35. The Morgan fingerprint density at radius 3 is 2.51 bits per heavy atom. The van der Waals surface area contributed by atoms with E-state index in [-0.39, 0.29) is 29.7 Å². The molecular weight excluding hydrogens is 456 g/mol. The Hall–Kier alpha value is -4.45. The van der Waals surface area contributed by atoms with Gasteiger partial charge in [0.1, 0.15) is 6.33 Å². The van der Waals surface area contributed by atoms with Gasteiger partial charge in [-0.1, -0.05) is 6.07 Å². The van der Waals surface area contributed by atoms with Crippen LogP contribution in [0.4, 0.5) is 23.0 Å². The Morgan fingerprint density at radius 2 is 1.80 bits per heavy atom. The van der Waals surface area contributed by atoms with E-state index in [1.807, 2.05) is 23.1 Å². The first-order valence-corrected chi connectivity index (χ1v) is 10.9. The number of hydrogen-bond acceptors (Lipinski definition) is 10. The van der Waals surface area contributed by atoms with E-state index in [1.54, 1.807) is 0 Å². The molecule has 0 atom stereocenters. The Balaban J connectivity index is 1.28. The number of nitro groups is 1. The minimum Gasteiger partial charge on any atom is -0.478 e. The molecule has 0 radical (unpaired) electrons. The van der Waals surface area contributed by atoms with Crippen LogP contribution >= 0.6 is 0 Å². The molecule has 0 unspecified atom stereocenters. The third-order valence-electron chi connectivity index (χ3n) is 5.90. The minimum atomic E-state index is -1.05. The van der Waals surface area contributed by atoms with E-state index in [1.165, 1.54) is 30.6 Å². The van der Waals surface area contributed by atoms with E-state index in [0.717, 1.165) is 23.6 Å². The molecule has 1 saturated heterocycles. The second kappa shape index (κ2) is 9.43. The van der Waals surface area contributed by atoms with Gasteiger partial charge in [-0.2, -0.15) is 0 Å². The molecule has 180 valence electrons. The molecule has 2 N–H and O–H groups in total. The third-order valence-corrected chi connectivity index (χ3v) is 5.90. The first-order chi connectivity index (χ1) is 17.0. The van der Waals surface area contributed by atoms with Gasteiger partial charge in [0.2, 0.25) is 18.4 Å². The maximum absolute atomic E-state index is 12.0. The number of benzene rings is 2. The number of aromatic carboxylic acids is 1. The van der Waals surface area contributed by atoms with E-state index >= 15 is 0 Å². The van der Waals surface area contributed by atoms with Gasteiger partial charge in [0.15, 0.2) is 11.5 Å². The number of rotatable bonds is 7. The molecule has 12 nitrogen and oxygen atoms in total. The number of nitrogens with zero attached hydrogens (tertiary/aromatic N) is 5. The van der Waals surface area contributed by atoms with E-state index in [2.05, 4.69) is 20.2 Å². The number of nitrogens with one attached hydrogen (secondary N) is 1. The summed E-state index contributed by atoms with van der Waals surface area (Å²) in [5.74, 6) is 0.736. The number of carbonyl (C=O) groups is 1. The highest BCUT2D eigenvalue weighted by molar-refractivity contribution is 5.88. The van der Waals surface area contributed by atoms with Crippen LogP contribution in [0.15, 0.2) is 48.8 Å². The van der Waals surface area contributed by atoms with E-state index in [0.29, 0.717) is 31.9 Å². The number of carboxylic acids is 1. The van der Waals surface area contributed by atoms with Gasteiger partial charge in [0.05, 0.1) is 10.5 Å². The van der Waals surface area contributed by atoms with Crippen molar-refractivity contribution in [2.24, 2.45) is 0 Å². The van der Waals surface area contributed by atoms with Crippen molar-refractivity contribution < 1.29 is 24.3 Å². The lowest BCUT2D eigenvalue weighted by Crippen LogP contribution is -2.46. The lowest BCUT2D eigenvalue weighted by Gasteiger charge is -2.35. The van der Waals surface area contributed by atoms with Crippen LogP contribution in [0.5, 0.6) is 11.5 Å². The molecule has 1 aromatic heterocycles. The van der Waals surface area contributed by atoms with E-state index < -0.39 is 10.9 Å². The standard InChI is InChI=1S/C23H22N6O6/c30-23(31)16-2-4-17(5-3-16)26-21-20(29(32)33)22(25-13-24-21)28-9-7-27(8-10-28)12-15-1-6-18-19(11-15)35-14-34-18/h1-6,11,13H,7-10,12,14H2,(H,30,31)(H,24,25,26). The lowest BCUT2D eigenvalue weighted by atomic mass is 10.1. The van der Waals surface area contributed by atoms with Gasteiger partial charge in [-0.3, -0.25) is 15.0 Å². The number of ether oxygens (including phenoxy) is 2. The van der Waals surface area contributed by atoms with Gasteiger partial charge in [-0.15, -0.1) is 0 Å². The fourth-order valence-corrected chi connectivity index (χ4v) is 4.11. The average Bonchev–Trinajstić information content (AvgIpc) is 3.32. The normalized spacial score (nSPS) is 15.1. The van der Waals surface area contributed by atoms with E-state index in [4.69, 9.17) is 14.6 Å². The molecule has 3 heterocycles. The fraction of sp³-hybridized carbons (Fsp3) is 0.261. The van der Waals surface area contributed by atoms with Crippen molar-refractivity contribution in [3.8, 4) is 11.5 Å². The van der Waals surface area contributed by atoms with Gasteiger partial charge >= 0.3 is 11.7 Å². The zero-order valence-corrected chi connectivity index (χ0v) is 18.6. The Kier molecular flexibility index (Phi) is 6.02. The molecule has 1 fully saturated rings. The maximum Gasteiger partial charge on any atom is 0.353 e. The SMILES string of the molecule is O=C(O)c1ccc(Nc2ncnc(N3CCN(Cc4ccc5c(c4)OCO5)CC3)c2[N+](=O)[O-])cc1. The van der Waals surface area contributed by atoms with Crippen molar-refractivity contribution in [3.05, 3.63) is 70.0 Å². The molecule has 35 heavy (non-hydrogen) atoms. The van der Waals surface area contributed by atoms with Crippen LogP contribution in [0.1, 0.15) is 15.9 Å². The van der Waals surface area contributed by atoms with Gasteiger partial charge in [-0.05, 0) is 42.0 Å². The second-order valence-corrected chi connectivity index (χ2v) is 8.11. The molecule has 5 rings (SSSR count). The van der Waals surface area contributed by atoms with Crippen LogP contribution < -0.4 is 19.7 Å². The smallest absolute Gasteiger partial charge is 0.353 e. The van der Waals surface area contributed by atoms with Crippen molar-refractivity contribution in [1.82, 2.24) is 14.9 Å². The van der Waals surface area contributed by atoms with Crippen molar-refractivity contribution in [2.45, 2.75) is 6.54 Å². The first kappa shape index (κ1) is 22.3. The zero-order valence-electron chi connectivity index (χ0n) is 18.6. The largest absolute Gasteiger partial charge is 0.478 e. The lowest BCUT2D eigenvalue weighted by molar-refractivity contribution is -0.383.